The first-order valence-electron chi connectivity index (χ1n) is 7.64. The first-order valence-corrected chi connectivity index (χ1v) is 7.64. The average molecular weight is 266 g/mol. The molecule has 0 unspecified atom stereocenters. The molecule has 108 valence electrons. The molecule has 0 atom stereocenters. The van der Waals surface area contributed by atoms with Gasteiger partial charge < -0.3 is 10.2 Å². The van der Waals surface area contributed by atoms with Crippen LogP contribution in [-0.4, -0.2) is 36.3 Å². The molecule has 0 spiro atoms. The van der Waals surface area contributed by atoms with Crippen molar-refractivity contribution in [2.75, 3.05) is 19.6 Å². The fourth-order valence-corrected chi connectivity index (χ4v) is 2.71. The van der Waals surface area contributed by atoms with E-state index in [-0.39, 0.29) is 11.8 Å². The van der Waals surface area contributed by atoms with Crippen molar-refractivity contribution < 1.29 is 9.59 Å². The van der Waals surface area contributed by atoms with E-state index in [2.05, 4.69) is 19.2 Å². The molecule has 0 aromatic rings. The second-order valence-corrected chi connectivity index (χ2v) is 6.37. The van der Waals surface area contributed by atoms with Gasteiger partial charge in [-0.25, -0.2) is 0 Å². The van der Waals surface area contributed by atoms with Gasteiger partial charge >= 0.3 is 0 Å². The van der Waals surface area contributed by atoms with Gasteiger partial charge in [-0.3, -0.25) is 9.59 Å². The lowest BCUT2D eigenvalue weighted by atomic mass is 10.0. The maximum Gasteiger partial charge on any atom is 0.238 e. The van der Waals surface area contributed by atoms with Crippen LogP contribution in [0.4, 0.5) is 0 Å². The second-order valence-electron chi connectivity index (χ2n) is 6.37. The number of hydrogen-bond acceptors (Lipinski definition) is 2. The van der Waals surface area contributed by atoms with Crippen molar-refractivity contribution in [2.45, 2.75) is 52.4 Å². The quantitative estimate of drug-likeness (QED) is 0.773. The van der Waals surface area contributed by atoms with Crippen LogP contribution in [0.3, 0.4) is 0 Å². The summed E-state index contributed by atoms with van der Waals surface area (Å²) < 4.78 is 0. The molecule has 1 aliphatic carbocycles. The van der Waals surface area contributed by atoms with Crippen LogP contribution in [0.5, 0.6) is 0 Å². The Bertz CT molecular complexity index is 342. The zero-order chi connectivity index (χ0) is 13.9. The van der Waals surface area contributed by atoms with Crippen LogP contribution in [0.15, 0.2) is 0 Å². The van der Waals surface area contributed by atoms with Gasteiger partial charge in [-0.1, -0.05) is 13.8 Å². The van der Waals surface area contributed by atoms with Crippen LogP contribution in [0, 0.1) is 11.3 Å². The Morgan fingerprint density at radius 2 is 1.79 bits per heavy atom. The van der Waals surface area contributed by atoms with Gasteiger partial charge in [0.25, 0.3) is 0 Å². The zero-order valence-corrected chi connectivity index (χ0v) is 12.2. The Labute approximate surface area is 115 Å². The monoisotopic (exact) mass is 266 g/mol. The van der Waals surface area contributed by atoms with E-state index in [4.69, 9.17) is 0 Å². The molecule has 1 saturated carbocycles. The summed E-state index contributed by atoms with van der Waals surface area (Å²) in [5.41, 5.74) is -0.700. The molecule has 0 bridgehead atoms. The molecule has 1 heterocycles. The highest BCUT2D eigenvalue weighted by Gasteiger charge is 2.57. The lowest BCUT2D eigenvalue weighted by Gasteiger charge is -2.30. The summed E-state index contributed by atoms with van der Waals surface area (Å²) in [5, 5.41) is 2.95. The van der Waals surface area contributed by atoms with Crippen molar-refractivity contribution >= 4 is 11.8 Å². The van der Waals surface area contributed by atoms with Gasteiger partial charge in [-0.15, -0.1) is 0 Å². The minimum Gasteiger partial charge on any atom is -0.355 e. The molecule has 4 nitrogen and oxygen atoms in total. The van der Waals surface area contributed by atoms with E-state index >= 15 is 0 Å². The molecular weight excluding hydrogens is 240 g/mol. The van der Waals surface area contributed by atoms with Crippen LogP contribution in [0.2, 0.25) is 0 Å². The predicted molar refractivity (Wildman–Crippen MR) is 74.6 cm³/mol. The molecule has 2 aliphatic rings. The maximum absolute atomic E-state index is 12.5. The maximum atomic E-state index is 12.5. The smallest absolute Gasteiger partial charge is 0.238 e. The standard InChI is InChI=1S/C15H26N2O2/c1-12(2)6-9-16-13(18)15(7-8-15)14(19)17-10-4-3-5-11-17/h12H,3-11H2,1-2H3,(H,16,18). The Morgan fingerprint density at radius 3 is 2.32 bits per heavy atom. The van der Waals surface area contributed by atoms with Gasteiger partial charge in [0.05, 0.1) is 0 Å². The number of piperidine rings is 1. The number of hydrogen-bond donors (Lipinski definition) is 1. The number of likely N-dealkylation sites (tertiary alicyclic amines) is 1. The van der Waals surface area contributed by atoms with E-state index in [9.17, 15) is 9.59 Å². The van der Waals surface area contributed by atoms with Gasteiger partial charge in [0.2, 0.25) is 11.8 Å². The normalized spacial score (nSPS) is 21.3. The largest absolute Gasteiger partial charge is 0.355 e. The van der Waals surface area contributed by atoms with E-state index in [1.54, 1.807) is 0 Å². The van der Waals surface area contributed by atoms with Crippen molar-refractivity contribution in [2.24, 2.45) is 11.3 Å². The van der Waals surface area contributed by atoms with Crippen LogP contribution in [0.25, 0.3) is 0 Å². The molecule has 2 amide bonds. The van der Waals surface area contributed by atoms with Gasteiger partial charge in [-0.2, -0.15) is 0 Å². The molecule has 1 aliphatic heterocycles. The van der Waals surface area contributed by atoms with Gasteiger partial charge in [-0.05, 0) is 44.4 Å². The third-order valence-electron chi connectivity index (χ3n) is 4.24. The molecule has 19 heavy (non-hydrogen) atoms. The first-order chi connectivity index (χ1) is 9.06. The van der Waals surface area contributed by atoms with Crippen LogP contribution in [-0.2, 0) is 9.59 Å². The molecule has 2 rings (SSSR count). The van der Waals surface area contributed by atoms with E-state index < -0.39 is 5.41 Å². The number of nitrogens with one attached hydrogen (secondary N) is 1. The first kappa shape index (κ1) is 14.4. The predicted octanol–water partition coefficient (Wildman–Crippen LogP) is 1.94. The summed E-state index contributed by atoms with van der Waals surface area (Å²) in [6.45, 7) is 6.63. The summed E-state index contributed by atoms with van der Waals surface area (Å²) in [6, 6.07) is 0. The molecule has 0 radical (unpaired) electrons. The molecule has 0 aromatic carbocycles. The van der Waals surface area contributed by atoms with E-state index in [0.717, 1.165) is 45.2 Å². The van der Waals surface area contributed by atoms with Crippen LogP contribution in [0.1, 0.15) is 52.4 Å². The van der Waals surface area contributed by atoms with Gasteiger partial charge in [0.15, 0.2) is 0 Å². The molecule has 1 N–H and O–H groups in total. The third kappa shape index (κ3) is 3.28. The van der Waals surface area contributed by atoms with Crippen molar-refractivity contribution in [3.05, 3.63) is 0 Å². The lowest BCUT2D eigenvalue weighted by molar-refractivity contribution is -0.144. The second kappa shape index (κ2) is 5.93. The van der Waals surface area contributed by atoms with Gasteiger partial charge in [0, 0.05) is 19.6 Å². The van der Waals surface area contributed by atoms with Crippen molar-refractivity contribution in [3.8, 4) is 0 Å². The van der Waals surface area contributed by atoms with E-state index in [1.807, 2.05) is 4.90 Å². The van der Waals surface area contributed by atoms with Gasteiger partial charge in [0.1, 0.15) is 5.41 Å². The lowest BCUT2D eigenvalue weighted by Crippen LogP contribution is -2.47. The highest BCUT2D eigenvalue weighted by molar-refractivity contribution is 6.07. The number of nitrogens with zero attached hydrogens (tertiary/aromatic N) is 1. The summed E-state index contributed by atoms with van der Waals surface area (Å²) in [4.78, 5) is 26.6. The third-order valence-corrected chi connectivity index (χ3v) is 4.24. The van der Waals surface area contributed by atoms with E-state index in [0.29, 0.717) is 12.5 Å². The minimum atomic E-state index is -0.700. The van der Waals surface area contributed by atoms with Crippen molar-refractivity contribution in [1.82, 2.24) is 10.2 Å². The topological polar surface area (TPSA) is 49.4 Å². The summed E-state index contributed by atoms with van der Waals surface area (Å²) in [7, 11) is 0. The Morgan fingerprint density at radius 1 is 1.16 bits per heavy atom. The highest BCUT2D eigenvalue weighted by atomic mass is 16.2. The van der Waals surface area contributed by atoms with E-state index in [1.165, 1.54) is 6.42 Å². The summed E-state index contributed by atoms with van der Waals surface area (Å²) >= 11 is 0. The number of carbonyl (C=O) groups is 2. The number of amides is 2. The Balaban J connectivity index is 1.86. The number of rotatable bonds is 5. The summed E-state index contributed by atoms with van der Waals surface area (Å²) in [5.74, 6) is 0.617. The average Bonchev–Trinajstić information content (AvgIpc) is 3.20. The molecule has 4 heteroatoms. The fourth-order valence-electron chi connectivity index (χ4n) is 2.71. The number of carbonyl (C=O) groups excluding carboxylic acids is 2. The fraction of sp³-hybridized carbons (Fsp3) is 0.867. The molecule has 0 aromatic heterocycles. The summed E-state index contributed by atoms with van der Waals surface area (Å²) in [6.07, 6.45) is 5.80. The van der Waals surface area contributed by atoms with Crippen molar-refractivity contribution in [3.63, 3.8) is 0 Å². The van der Waals surface area contributed by atoms with Crippen LogP contribution < -0.4 is 5.32 Å². The Kier molecular flexibility index (Phi) is 4.48. The zero-order valence-electron chi connectivity index (χ0n) is 12.2. The van der Waals surface area contributed by atoms with Crippen molar-refractivity contribution in [1.29, 1.82) is 0 Å². The minimum absolute atomic E-state index is 0.0382. The molecule has 1 saturated heterocycles. The SMILES string of the molecule is CC(C)CCNC(=O)C1(C(=O)N2CCCCC2)CC1. The Hall–Kier alpha value is -1.06. The van der Waals surface area contributed by atoms with Crippen LogP contribution >= 0.6 is 0 Å². The molecular formula is C15H26N2O2. The molecule has 2 fully saturated rings. The highest BCUT2D eigenvalue weighted by Crippen LogP contribution is 2.47.